The van der Waals surface area contributed by atoms with Gasteiger partial charge in [-0.15, -0.1) is 11.3 Å². The highest BCUT2D eigenvalue weighted by atomic mass is 32.1. The summed E-state index contributed by atoms with van der Waals surface area (Å²) in [6.45, 7) is -1.48. The van der Waals surface area contributed by atoms with Gasteiger partial charge in [-0.1, -0.05) is 5.16 Å². The van der Waals surface area contributed by atoms with Gasteiger partial charge in [-0.2, -0.15) is 25.1 Å². The zero-order valence-corrected chi connectivity index (χ0v) is 18.3. The number of carbonyl (C=O) groups is 1. The Labute approximate surface area is 188 Å². The summed E-state index contributed by atoms with van der Waals surface area (Å²) >= 11 is 2.79. The molecule has 0 atom stereocenters. The van der Waals surface area contributed by atoms with E-state index in [1.807, 2.05) is 16.8 Å². The fourth-order valence-corrected chi connectivity index (χ4v) is 4.39. The lowest BCUT2D eigenvalue weighted by Gasteiger charge is -2.10. The first kappa shape index (κ1) is 21.8. The fraction of sp³-hybridized carbons (Fsp3) is 0.200. The lowest BCUT2D eigenvalue weighted by Crippen LogP contribution is -2.05. The van der Waals surface area contributed by atoms with Gasteiger partial charge in [0.2, 0.25) is 5.82 Å². The van der Waals surface area contributed by atoms with Gasteiger partial charge in [-0.3, -0.25) is 0 Å². The summed E-state index contributed by atoms with van der Waals surface area (Å²) in [7, 11) is 1.32. The molecule has 8 nitrogen and oxygen atoms in total. The maximum atomic E-state index is 12.5. The molecule has 0 N–H and O–H groups in total. The van der Waals surface area contributed by atoms with E-state index in [9.17, 15) is 13.6 Å². The van der Waals surface area contributed by atoms with Crippen LogP contribution in [0.15, 0.2) is 39.5 Å². The number of aryl methyl sites for hydroxylation is 1. The molecule has 0 bridgehead atoms. The van der Waals surface area contributed by atoms with Crippen molar-refractivity contribution < 1.29 is 32.3 Å². The Morgan fingerprint density at radius 3 is 2.75 bits per heavy atom. The van der Waals surface area contributed by atoms with Gasteiger partial charge in [-0.25, -0.2) is 9.78 Å². The topological polar surface area (TPSA) is 96.6 Å². The summed E-state index contributed by atoms with van der Waals surface area (Å²) < 4.78 is 44.8. The SMILES string of the molecule is COc1cc(-c2noc(COC(=O)c3sc(-c4ccsc4)nc3C)n2)ccc1OC(F)F. The molecule has 0 saturated carbocycles. The van der Waals surface area contributed by atoms with Crippen LogP contribution < -0.4 is 9.47 Å². The number of alkyl halides is 2. The molecule has 0 unspecified atom stereocenters. The van der Waals surface area contributed by atoms with Gasteiger partial charge in [0.25, 0.3) is 5.89 Å². The van der Waals surface area contributed by atoms with Crippen LogP contribution >= 0.6 is 22.7 Å². The predicted octanol–water partition coefficient (Wildman–Crippen LogP) is 5.20. The molecular formula is C20H15F2N3O5S2. The van der Waals surface area contributed by atoms with E-state index in [4.69, 9.17) is 14.0 Å². The van der Waals surface area contributed by atoms with Gasteiger partial charge in [0.05, 0.1) is 12.8 Å². The monoisotopic (exact) mass is 479 g/mol. The molecule has 0 fully saturated rings. The summed E-state index contributed by atoms with van der Waals surface area (Å²) in [4.78, 5) is 21.5. The van der Waals surface area contributed by atoms with Crippen LogP contribution in [0, 0.1) is 6.92 Å². The van der Waals surface area contributed by atoms with Gasteiger partial charge in [0, 0.05) is 16.5 Å². The minimum Gasteiger partial charge on any atom is -0.493 e. The van der Waals surface area contributed by atoms with Crippen LogP contribution in [0.4, 0.5) is 8.78 Å². The normalized spacial score (nSPS) is 11.0. The second kappa shape index (κ2) is 9.40. The second-order valence-electron chi connectivity index (χ2n) is 6.28. The molecular weight excluding hydrogens is 464 g/mol. The summed E-state index contributed by atoms with van der Waals surface area (Å²) in [6.07, 6.45) is 0. The van der Waals surface area contributed by atoms with Crippen molar-refractivity contribution in [1.29, 1.82) is 0 Å². The lowest BCUT2D eigenvalue weighted by molar-refractivity contribution is -0.0512. The lowest BCUT2D eigenvalue weighted by atomic mass is 10.2. The van der Waals surface area contributed by atoms with Crippen LogP contribution in [0.3, 0.4) is 0 Å². The highest BCUT2D eigenvalue weighted by Gasteiger charge is 2.20. The molecule has 0 radical (unpaired) electrons. The average molecular weight is 479 g/mol. The van der Waals surface area contributed by atoms with Crippen LogP contribution in [0.25, 0.3) is 22.0 Å². The van der Waals surface area contributed by atoms with Gasteiger partial charge in [-0.05, 0) is 36.6 Å². The Kier molecular flexibility index (Phi) is 6.42. The summed E-state index contributed by atoms with van der Waals surface area (Å²) in [5.41, 5.74) is 1.97. The van der Waals surface area contributed by atoms with E-state index < -0.39 is 12.6 Å². The minimum atomic E-state index is -2.98. The van der Waals surface area contributed by atoms with Crippen molar-refractivity contribution in [3.63, 3.8) is 0 Å². The number of thiazole rings is 1. The number of rotatable bonds is 8. The molecule has 0 aliphatic carbocycles. The molecule has 0 aliphatic rings. The van der Waals surface area contributed by atoms with Gasteiger partial charge >= 0.3 is 12.6 Å². The highest BCUT2D eigenvalue weighted by molar-refractivity contribution is 7.17. The van der Waals surface area contributed by atoms with Gasteiger partial charge in [0.15, 0.2) is 18.1 Å². The third-order valence-corrected chi connectivity index (χ3v) is 6.05. The molecule has 1 aromatic carbocycles. The van der Waals surface area contributed by atoms with E-state index in [-0.39, 0.29) is 29.8 Å². The third-order valence-electron chi connectivity index (χ3n) is 4.18. The average Bonchev–Trinajstić information content (AvgIpc) is 3.52. The van der Waals surface area contributed by atoms with Crippen molar-refractivity contribution in [2.24, 2.45) is 0 Å². The molecule has 166 valence electrons. The van der Waals surface area contributed by atoms with Crippen LogP contribution in [0.2, 0.25) is 0 Å². The first-order valence-corrected chi connectivity index (χ1v) is 10.8. The first-order valence-electron chi connectivity index (χ1n) is 9.07. The number of ether oxygens (including phenoxy) is 3. The molecule has 4 aromatic rings. The van der Waals surface area contributed by atoms with E-state index in [0.29, 0.717) is 16.1 Å². The van der Waals surface area contributed by atoms with E-state index in [1.54, 1.807) is 18.3 Å². The Morgan fingerprint density at radius 1 is 1.19 bits per heavy atom. The molecule has 0 amide bonds. The number of thiophene rings is 1. The Balaban J connectivity index is 1.43. The van der Waals surface area contributed by atoms with Crippen molar-refractivity contribution in [2.45, 2.75) is 20.1 Å². The number of carbonyl (C=O) groups excluding carboxylic acids is 1. The van der Waals surface area contributed by atoms with Gasteiger partial charge in [0.1, 0.15) is 9.88 Å². The number of esters is 1. The highest BCUT2D eigenvalue weighted by Crippen LogP contribution is 2.33. The van der Waals surface area contributed by atoms with Crippen molar-refractivity contribution in [3.05, 3.63) is 51.5 Å². The number of hydrogen-bond acceptors (Lipinski definition) is 10. The Morgan fingerprint density at radius 2 is 2.03 bits per heavy atom. The van der Waals surface area contributed by atoms with Crippen molar-refractivity contribution in [3.8, 4) is 33.5 Å². The van der Waals surface area contributed by atoms with E-state index >= 15 is 0 Å². The van der Waals surface area contributed by atoms with E-state index in [0.717, 1.165) is 10.6 Å². The van der Waals surface area contributed by atoms with Crippen molar-refractivity contribution in [1.82, 2.24) is 15.1 Å². The second-order valence-corrected chi connectivity index (χ2v) is 8.06. The smallest absolute Gasteiger partial charge is 0.387 e. The fourth-order valence-electron chi connectivity index (χ4n) is 2.72. The largest absolute Gasteiger partial charge is 0.493 e. The molecule has 3 heterocycles. The number of benzene rings is 1. The molecule has 32 heavy (non-hydrogen) atoms. The van der Waals surface area contributed by atoms with Crippen LogP contribution in [-0.2, 0) is 11.3 Å². The molecule has 4 rings (SSSR count). The molecule has 0 aliphatic heterocycles. The summed E-state index contributed by atoms with van der Waals surface area (Å²) in [5.74, 6) is -0.336. The Hall–Kier alpha value is -3.38. The maximum Gasteiger partial charge on any atom is 0.387 e. The van der Waals surface area contributed by atoms with E-state index in [1.165, 1.54) is 36.6 Å². The van der Waals surface area contributed by atoms with E-state index in [2.05, 4.69) is 19.9 Å². The number of nitrogens with zero attached hydrogens (tertiary/aromatic N) is 3. The standard InChI is InChI=1S/C20H15F2N3O5S2/c1-10-16(32-18(23-10)12-5-6-31-9-12)19(26)28-8-15-24-17(25-30-15)11-3-4-13(29-20(21)22)14(7-11)27-2/h3-7,9,20H,8H2,1-2H3. The van der Waals surface area contributed by atoms with Crippen LogP contribution in [-0.4, -0.2) is 34.8 Å². The summed E-state index contributed by atoms with van der Waals surface area (Å²) in [6, 6.07) is 6.16. The molecule has 3 aromatic heterocycles. The van der Waals surface area contributed by atoms with Crippen LogP contribution in [0.1, 0.15) is 21.3 Å². The number of halogens is 2. The van der Waals surface area contributed by atoms with Crippen LogP contribution in [0.5, 0.6) is 11.5 Å². The quantitative estimate of drug-likeness (QED) is 0.318. The van der Waals surface area contributed by atoms with Gasteiger partial charge < -0.3 is 18.7 Å². The number of methoxy groups -OCH3 is 1. The third kappa shape index (κ3) is 4.75. The number of aromatic nitrogens is 3. The van der Waals surface area contributed by atoms with Crippen molar-refractivity contribution >= 4 is 28.6 Å². The van der Waals surface area contributed by atoms with Crippen molar-refractivity contribution in [2.75, 3.05) is 7.11 Å². The predicted molar refractivity (Wildman–Crippen MR) is 112 cm³/mol. The minimum absolute atomic E-state index is 0.0699. The number of hydrogen-bond donors (Lipinski definition) is 0. The zero-order chi connectivity index (χ0) is 22.7. The summed E-state index contributed by atoms with van der Waals surface area (Å²) in [5, 5.41) is 8.46. The first-order chi connectivity index (χ1) is 15.4. The Bertz CT molecular complexity index is 1220. The molecule has 0 saturated heterocycles. The maximum absolute atomic E-state index is 12.5. The molecule has 0 spiro atoms. The molecule has 12 heteroatoms. The zero-order valence-electron chi connectivity index (χ0n) is 16.7.